The number of hydrogen-bond donors (Lipinski definition) is 2. The average Bonchev–Trinajstić information content (AvgIpc) is 3.47. The molecule has 0 radical (unpaired) electrons. The summed E-state index contributed by atoms with van der Waals surface area (Å²) >= 11 is 0. The summed E-state index contributed by atoms with van der Waals surface area (Å²) in [4.78, 5) is 31.4. The largest absolute Gasteiger partial charge is 0.469 e. The lowest BCUT2D eigenvalue weighted by atomic mass is 9.85. The zero-order chi connectivity index (χ0) is 19.5. The van der Waals surface area contributed by atoms with Gasteiger partial charge in [-0.3, -0.25) is 19.5 Å². The van der Waals surface area contributed by atoms with Gasteiger partial charge in [-0.15, -0.1) is 30.6 Å². The molecule has 2 aliphatic carbocycles. The van der Waals surface area contributed by atoms with Crippen LogP contribution in [0, 0.1) is 23.7 Å². The molecule has 0 spiro atoms. The molecule has 4 unspecified atom stereocenters. The number of furan rings is 1. The maximum Gasteiger partial charge on any atom is 0.233 e. The van der Waals surface area contributed by atoms with Gasteiger partial charge in [0.15, 0.2) is 5.96 Å². The van der Waals surface area contributed by atoms with Crippen LogP contribution in [0.4, 0.5) is 0 Å². The Morgan fingerprint density at radius 2 is 1.97 bits per heavy atom. The number of guanidine groups is 1. The predicted octanol–water partition coefficient (Wildman–Crippen LogP) is 1.97. The Morgan fingerprint density at radius 3 is 2.59 bits per heavy atom. The fourth-order valence-electron chi connectivity index (χ4n) is 4.55. The Balaban J connectivity index is 0.00000240. The van der Waals surface area contributed by atoms with Crippen LogP contribution in [0.15, 0.2) is 52.6 Å². The summed E-state index contributed by atoms with van der Waals surface area (Å²) in [6, 6.07) is 3.78. The minimum atomic E-state index is -0.136. The standard InChI is InChI=1S/C21H26N4O3.HI/c1-2-8-22-21(23-9-7-16-4-3-12-28-16)24-10-11-25-19(26)17-14-5-6-15(13-14)18(17)20(25)27;/h2-6,12,14-15,17-18H,1,7-11,13H2,(H2,22,23,24);1H. The molecule has 4 rings (SSSR count). The maximum atomic E-state index is 12.7. The monoisotopic (exact) mass is 510 g/mol. The molecule has 1 aliphatic heterocycles. The summed E-state index contributed by atoms with van der Waals surface area (Å²) in [6.45, 7) is 5.67. The molecule has 7 nitrogen and oxygen atoms in total. The number of imide groups is 1. The second-order valence-electron chi connectivity index (χ2n) is 7.48. The predicted molar refractivity (Wildman–Crippen MR) is 121 cm³/mol. The lowest BCUT2D eigenvalue weighted by molar-refractivity contribution is -0.140. The van der Waals surface area contributed by atoms with Crippen LogP contribution in [-0.4, -0.2) is 48.9 Å². The van der Waals surface area contributed by atoms with Crippen LogP contribution in [0.3, 0.4) is 0 Å². The third-order valence-electron chi connectivity index (χ3n) is 5.81. The third-order valence-corrected chi connectivity index (χ3v) is 5.81. The fraction of sp³-hybridized carbons (Fsp3) is 0.476. The Labute approximate surface area is 187 Å². The van der Waals surface area contributed by atoms with E-state index in [1.165, 1.54) is 4.90 Å². The highest BCUT2D eigenvalue weighted by Gasteiger charge is 2.58. The van der Waals surface area contributed by atoms with Gasteiger partial charge in [0.05, 0.1) is 18.1 Å². The maximum absolute atomic E-state index is 12.7. The van der Waals surface area contributed by atoms with E-state index in [2.05, 4.69) is 34.4 Å². The first kappa shape index (κ1) is 21.6. The van der Waals surface area contributed by atoms with Gasteiger partial charge in [0.25, 0.3) is 0 Å². The molecule has 2 N–H and O–H groups in total. The molecule has 156 valence electrons. The van der Waals surface area contributed by atoms with E-state index in [1.807, 2.05) is 12.1 Å². The first-order valence-electron chi connectivity index (χ1n) is 9.88. The number of carbonyl (C=O) groups is 2. The summed E-state index contributed by atoms with van der Waals surface area (Å²) in [5.74, 6) is 1.72. The highest BCUT2D eigenvalue weighted by atomic mass is 127. The van der Waals surface area contributed by atoms with E-state index in [0.717, 1.165) is 12.2 Å². The smallest absolute Gasteiger partial charge is 0.233 e. The third kappa shape index (κ3) is 4.41. The number of halogens is 1. The van der Waals surface area contributed by atoms with Crippen molar-refractivity contribution in [3.63, 3.8) is 0 Å². The second kappa shape index (κ2) is 9.60. The van der Waals surface area contributed by atoms with Crippen LogP contribution in [0.25, 0.3) is 0 Å². The average molecular weight is 510 g/mol. The molecule has 2 amide bonds. The van der Waals surface area contributed by atoms with Crippen molar-refractivity contribution in [3.05, 3.63) is 49.0 Å². The Kier molecular flexibility index (Phi) is 7.15. The number of amides is 2. The molecule has 2 bridgehead atoms. The quantitative estimate of drug-likeness (QED) is 0.184. The van der Waals surface area contributed by atoms with Crippen LogP contribution >= 0.6 is 24.0 Å². The molecule has 4 atom stereocenters. The van der Waals surface area contributed by atoms with Gasteiger partial charge in [-0.05, 0) is 30.4 Å². The molecule has 0 aromatic carbocycles. The topological polar surface area (TPSA) is 86.9 Å². The van der Waals surface area contributed by atoms with Crippen LogP contribution in [0.2, 0.25) is 0 Å². The van der Waals surface area contributed by atoms with Crippen molar-refractivity contribution < 1.29 is 14.0 Å². The summed E-state index contributed by atoms with van der Waals surface area (Å²) in [5, 5.41) is 6.36. The van der Waals surface area contributed by atoms with Crippen molar-refractivity contribution in [2.75, 3.05) is 26.2 Å². The molecule has 2 fully saturated rings. The lowest BCUT2D eigenvalue weighted by Gasteiger charge is -2.18. The van der Waals surface area contributed by atoms with Gasteiger partial charge in [0.1, 0.15) is 5.76 Å². The van der Waals surface area contributed by atoms with Gasteiger partial charge in [0, 0.05) is 32.6 Å². The van der Waals surface area contributed by atoms with Gasteiger partial charge in [-0.2, -0.15) is 0 Å². The summed E-state index contributed by atoms with van der Waals surface area (Å²) in [7, 11) is 0. The van der Waals surface area contributed by atoms with Gasteiger partial charge >= 0.3 is 0 Å². The number of rotatable bonds is 8. The van der Waals surface area contributed by atoms with Crippen LogP contribution in [0.1, 0.15) is 12.2 Å². The molecule has 29 heavy (non-hydrogen) atoms. The SMILES string of the molecule is C=CCNC(=NCCc1ccco1)NCCN1C(=O)C2C3C=CC(C3)C2C1=O.I. The van der Waals surface area contributed by atoms with Crippen molar-refractivity contribution in [3.8, 4) is 0 Å². The second-order valence-corrected chi connectivity index (χ2v) is 7.48. The first-order chi connectivity index (χ1) is 13.7. The molecule has 8 heteroatoms. The molecule has 2 heterocycles. The minimum Gasteiger partial charge on any atom is -0.469 e. The minimum absolute atomic E-state index is 0. The van der Waals surface area contributed by atoms with E-state index in [0.29, 0.717) is 38.6 Å². The Hall–Kier alpha value is -2.10. The zero-order valence-corrected chi connectivity index (χ0v) is 18.6. The van der Waals surface area contributed by atoms with Crippen molar-refractivity contribution >= 4 is 41.8 Å². The number of carbonyl (C=O) groups excluding carboxylic acids is 2. The number of fused-ring (bicyclic) bond motifs is 5. The number of allylic oxidation sites excluding steroid dienone is 2. The molecular weight excluding hydrogens is 483 g/mol. The Bertz CT molecular complexity index is 775. The zero-order valence-electron chi connectivity index (χ0n) is 16.3. The van der Waals surface area contributed by atoms with Gasteiger partial charge in [0.2, 0.25) is 11.8 Å². The molecule has 1 saturated heterocycles. The number of likely N-dealkylation sites (tertiary alicyclic amines) is 1. The highest BCUT2D eigenvalue weighted by molar-refractivity contribution is 14.0. The summed E-state index contributed by atoms with van der Waals surface area (Å²) < 4.78 is 5.31. The van der Waals surface area contributed by atoms with Gasteiger partial charge < -0.3 is 15.1 Å². The highest BCUT2D eigenvalue weighted by Crippen LogP contribution is 2.52. The van der Waals surface area contributed by atoms with Crippen LogP contribution < -0.4 is 10.6 Å². The van der Waals surface area contributed by atoms with Gasteiger partial charge in [-0.25, -0.2) is 0 Å². The summed E-state index contributed by atoms with van der Waals surface area (Å²) in [5.41, 5.74) is 0. The molecule has 1 aromatic heterocycles. The number of nitrogens with zero attached hydrogens (tertiary/aromatic N) is 2. The van der Waals surface area contributed by atoms with E-state index in [9.17, 15) is 9.59 Å². The summed E-state index contributed by atoms with van der Waals surface area (Å²) in [6.07, 6.45) is 9.28. The molecule has 3 aliphatic rings. The van der Waals surface area contributed by atoms with E-state index >= 15 is 0 Å². The Morgan fingerprint density at radius 1 is 1.24 bits per heavy atom. The van der Waals surface area contributed by atoms with E-state index < -0.39 is 0 Å². The number of aliphatic imine (C=N–C) groups is 1. The van der Waals surface area contributed by atoms with Crippen molar-refractivity contribution in [2.45, 2.75) is 12.8 Å². The van der Waals surface area contributed by atoms with Crippen molar-refractivity contribution in [2.24, 2.45) is 28.7 Å². The molecular formula is C21H27IN4O3. The fourth-order valence-corrected chi connectivity index (χ4v) is 4.55. The number of nitrogens with one attached hydrogen (secondary N) is 2. The number of hydrogen-bond acceptors (Lipinski definition) is 4. The van der Waals surface area contributed by atoms with E-state index in [-0.39, 0.29) is 59.5 Å². The first-order valence-corrected chi connectivity index (χ1v) is 9.88. The van der Waals surface area contributed by atoms with Crippen LogP contribution in [0.5, 0.6) is 0 Å². The van der Waals surface area contributed by atoms with E-state index in [1.54, 1.807) is 12.3 Å². The van der Waals surface area contributed by atoms with E-state index in [4.69, 9.17) is 4.42 Å². The van der Waals surface area contributed by atoms with Crippen molar-refractivity contribution in [1.82, 2.24) is 15.5 Å². The normalized spacial score (nSPS) is 27.2. The van der Waals surface area contributed by atoms with Crippen LogP contribution in [-0.2, 0) is 16.0 Å². The molecule has 1 saturated carbocycles. The van der Waals surface area contributed by atoms with Gasteiger partial charge in [-0.1, -0.05) is 18.2 Å². The van der Waals surface area contributed by atoms with Crippen molar-refractivity contribution in [1.29, 1.82) is 0 Å². The molecule has 1 aromatic rings. The lowest BCUT2D eigenvalue weighted by Crippen LogP contribution is -2.43.